The van der Waals surface area contributed by atoms with Crippen LogP contribution in [-0.2, 0) is 6.54 Å². The summed E-state index contributed by atoms with van der Waals surface area (Å²) in [5.41, 5.74) is 2.33. The van der Waals surface area contributed by atoms with E-state index in [-0.39, 0.29) is 0 Å². The third kappa shape index (κ3) is 3.86. The highest BCUT2D eigenvalue weighted by atomic mass is 35.5. The zero-order valence-corrected chi connectivity index (χ0v) is 15.2. The van der Waals surface area contributed by atoms with Crippen LogP contribution >= 0.6 is 23.2 Å². The van der Waals surface area contributed by atoms with Gasteiger partial charge in [0.1, 0.15) is 10.8 Å². The predicted octanol–water partition coefficient (Wildman–Crippen LogP) is 4.58. The minimum Gasteiger partial charge on any atom is -0.495 e. The van der Waals surface area contributed by atoms with Crippen LogP contribution in [0.15, 0.2) is 42.5 Å². The van der Waals surface area contributed by atoms with Gasteiger partial charge in [-0.05, 0) is 31.0 Å². The van der Waals surface area contributed by atoms with Crippen LogP contribution in [0.5, 0.6) is 5.75 Å². The summed E-state index contributed by atoms with van der Waals surface area (Å²) < 4.78 is 5.44. The van der Waals surface area contributed by atoms with Crippen molar-refractivity contribution in [3.63, 3.8) is 0 Å². The van der Waals surface area contributed by atoms with Gasteiger partial charge >= 0.3 is 0 Å². The van der Waals surface area contributed by atoms with Crippen molar-refractivity contribution >= 4 is 23.2 Å². The van der Waals surface area contributed by atoms with E-state index in [1.165, 1.54) is 12.0 Å². The number of rotatable bonds is 5. The Kier molecular flexibility index (Phi) is 6.01. The van der Waals surface area contributed by atoms with Crippen molar-refractivity contribution in [3.05, 3.63) is 63.6 Å². The van der Waals surface area contributed by atoms with Gasteiger partial charge in [-0.2, -0.15) is 0 Å². The summed E-state index contributed by atoms with van der Waals surface area (Å²) in [5, 5.41) is 8.28. The van der Waals surface area contributed by atoms with E-state index < -0.39 is 0 Å². The second-order valence-corrected chi connectivity index (χ2v) is 6.81. The molecule has 1 saturated heterocycles. The van der Waals surface area contributed by atoms with E-state index in [0.717, 1.165) is 18.5 Å². The molecule has 24 heavy (non-hydrogen) atoms. The van der Waals surface area contributed by atoms with E-state index in [2.05, 4.69) is 41.0 Å². The lowest BCUT2D eigenvalue weighted by Crippen LogP contribution is -2.45. The topological polar surface area (TPSA) is 33.3 Å². The van der Waals surface area contributed by atoms with Crippen molar-refractivity contribution in [3.8, 4) is 5.75 Å². The molecule has 1 fully saturated rings. The molecule has 1 heterocycles. The summed E-state index contributed by atoms with van der Waals surface area (Å²) in [5.74, 6) is 0.650. The van der Waals surface area contributed by atoms with Crippen LogP contribution in [0.2, 0.25) is 10.0 Å². The molecule has 0 aliphatic carbocycles. The van der Waals surface area contributed by atoms with Gasteiger partial charge < -0.3 is 15.4 Å². The molecule has 0 spiro atoms. The van der Waals surface area contributed by atoms with Gasteiger partial charge in [0, 0.05) is 24.2 Å². The number of benzene rings is 2. The maximum absolute atomic E-state index is 6.25. The molecule has 2 unspecified atom stereocenters. The zero-order valence-electron chi connectivity index (χ0n) is 13.7. The van der Waals surface area contributed by atoms with Crippen molar-refractivity contribution in [2.24, 2.45) is 0 Å². The van der Waals surface area contributed by atoms with Gasteiger partial charge in [0.05, 0.1) is 12.1 Å². The molecule has 2 aromatic rings. The monoisotopic (exact) mass is 364 g/mol. The highest BCUT2D eigenvalue weighted by molar-refractivity contribution is 6.43. The van der Waals surface area contributed by atoms with Crippen LogP contribution in [0.4, 0.5) is 0 Å². The minimum atomic E-state index is 0.314. The molecule has 0 amide bonds. The Labute approximate surface area is 153 Å². The molecule has 1 aliphatic rings. The predicted molar refractivity (Wildman–Crippen MR) is 100 cm³/mol. The maximum Gasteiger partial charge on any atom is 0.143 e. The van der Waals surface area contributed by atoms with Crippen LogP contribution in [-0.4, -0.2) is 19.7 Å². The van der Waals surface area contributed by atoms with Crippen LogP contribution in [0, 0.1) is 0 Å². The quantitative estimate of drug-likeness (QED) is 0.814. The SMILES string of the molecule is COc1c(CNC2CCCNC2c2ccccc2)ccc(Cl)c1Cl. The molecule has 0 bridgehead atoms. The third-order valence-corrected chi connectivity index (χ3v) is 5.29. The number of hydrogen-bond donors (Lipinski definition) is 2. The molecule has 2 atom stereocenters. The molecule has 1 aliphatic heterocycles. The fourth-order valence-electron chi connectivity index (χ4n) is 3.29. The molecular formula is C19H22Cl2N2O. The standard InChI is InChI=1S/C19H22Cl2N2O/c1-24-19-14(9-10-15(20)17(19)21)12-23-16-8-5-11-22-18(16)13-6-3-2-4-7-13/h2-4,6-7,9-10,16,18,22-23H,5,8,11-12H2,1H3. The lowest BCUT2D eigenvalue weighted by atomic mass is 9.92. The summed E-state index contributed by atoms with van der Waals surface area (Å²) in [6, 6.07) is 15.0. The Morgan fingerprint density at radius 3 is 2.71 bits per heavy atom. The van der Waals surface area contributed by atoms with Crippen LogP contribution in [0.25, 0.3) is 0 Å². The number of halogens is 2. The van der Waals surface area contributed by atoms with Crippen molar-refractivity contribution in [1.82, 2.24) is 10.6 Å². The van der Waals surface area contributed by atoms with Crippen molar-refractivity contribution in [2.45, 2.75) is 31.5 Å². The molecule has 2 aromatic carbocycles. The Morgan fingerprint density at radius 2 is 1.96 bits per heavy atom. The van der Waals surface area contributed by atoms with Gasteiger partial charge in [-0.25, -0.2) is 0 Å². The third-order valence-electron chi connectivity index (χ3n) is 4.51. The Morgan fingerprint density at radius 1 is 1.17 bits per heavy atom. The summed E-state index contributed by atoms with van der Waals surface area (Å²) in [7, 11) is 1.62. The highest BCUT2D eigenvalue weighted by Crippen LogP contribution is 2.35. The lowest BCUT2D eigenvalue weighted by molar-refractivity contribution is 0.303. The fourth-order valence-corrected chi connectivity index (χ4v) is 3.70. The number of ether oxygens (including phenoxy) is 1. The molecule has 3 nitrogen and oxygen atoms in total. The first-order valence-corrected chi connectivity index (χ1v) is 8.99. The minimum absolute atomic E-state index is 0.314. The summed E-state index contributed by atoms with van der Waals surface area (Å²) in [6.45, 7) is 1.74. The van der Waals surface area contributed by atoms with E-state index in [4.69, 9.17) is 27.9 Å². The number of piperidine rings is 1. The number of nitrogens with one attached hydrogen (secondary N) is 2. The van der Waals surface area contributed by atoms with Crippen LogP contribution in [0.1, 0.15) is 30.0 Å². The lowest BCUT2D eigenvalue weighted by Gasteiger charge is -2.34. The maximum atomic E-state index is 6.25. The van der Waals surface area contributed by atoms with Crippen molar-refractivity contribution in [2.75, 3.05) is 13.7 Å². The average molecular weight is 365 g/mol. The van der Waals surface area contributed by atoms with Gasteiger partial charge in [-0.3, -0.25) is 0 Å². The molecule has 0 saturated carbocycles. The molecule has 128 valence electrons. The van der Waals surface area contributed by atoms with E-state index >= 15 is 0 Å². The second-order valence-electron chi connectivity index (χ2n) is 6.03. The average Bonchev–Trinajstić information content (AvgIpc) is 2.63. The second kappa shape index (κ2) is 8.21. The smallest absolute Gasteiger partial charge is 0.143 e. The summed E-state index contributed by atoms with van der Waals surface area (Å²) in [4.78, 5) is 0. The van der Waals surface area contributed by atoms with Gasteiger partial charge in [-0.1, -0.05) is 59.6 Å². The normalized spacial score (nSPS) is 20.8. The van der Waals surface area contributed by atoms with Gasteiger partial charge in [0.25, 0.3) is 0 Å². The van der Waals surface area contributed by atoms with Crippen molar-refractivity contribution in [1.29, 1.82) is 0 Å². The molecular weight excluding hydrogens is 343 g/mol. The van der Waals surface area contributed by atoms with E-state index in [0.29, 0.717) is 34.4 Å². The highest BCUT2D eigenvalue weighted by Gasteiger charge is 2.26. The Bertz CT molecular complexity index is 679. The largest absolute Gasteiger partial charge is 0.495 e. The van der Waals surface area contributed by atoms with E-state index in [9.17, 15) is 0 Å². The zero-order chi connectivity index (χ0) is 16.9. The molecule has 2 N–H and O–H groups in total. The molecule has 0 radical (unpaired) electrons. The van der Waals surface area contributed by atoms with E-state index in [1.54, 1.807) is 7.11 Å². The molecule has 0 aromatic heterocycles. The van der Waals surface area contributed by atoms with Crippen LogP contribution in [0.3, 0.4) is 0 Å². The molecule has 3 rings (SSSR count). The van der Waals surface area contributed by atoms with Crippen molar-refractivity contribution < 1.29 is 4.74 Å². The first-order valence-electron chi connectivity index (χ1n) is 8.23. The van der Waals surface area contributed by atoms with Gasteiger partial charge in [-0.15, -0.1) is 0 Å². The first-order chi connectivity index (χ1) is 11.7. The van der Waals surface area contributed by atoms with Crippen LogP contribution < -0.4 is 15.4 Å². The Balaban J connectivity index is 1.74. The fraction of sp³-hybridized carbons (Fsp3) is 0.368. The van der Waals surface area contributed by atoms with Gasteiger partial charge in [0.2, 0.25) is 0 Å². The van der Waals surface area contributed by atoms with Gasteiger partial charge in [0.15, 0.2) is 0 Å². The number of hydrogen-bond acceptors (Lipinski definition) is 3. The van der Waals surface area contributed by atoms with E-state index in [1.807, 2.05) is 12.1 Å². The number of methoxy groups -OCH3 is 1. The summed E-state index contributed by atoms with van der Waals surface area (Å²) in [6.07, 6.45) is 2.30. The Hall–Kier alpha value is -1.26. The summed E-state index contributed by atoms with van der Waals surface area (Å²) >= 11 is 12.3. The first kappa shape index (κ1) is 17.6. The molecule has 5 heteroatoms.